The van der Waals surface area contributed by atoms with E-state index in [9.17, 15) is 4.79 Å². The predicted octanol–water partition coefficient (Wildman–Crippen LogP) is 2.12. The molecule has 0 amide bonds. The molecule has 2 heteroatoms. The summed E-state index contributed by atoms with van der Waals surface area (Å²) < 4.78 is 0. The monoisotopic (exact) mass is 183 g/mol. The SMILES string of the molecule is CC(CN)CCC(=O)C1CCCC1. The third kappa shape index (κ3) is 3.47. The third-order valence-electron chi connectivity index (χ3n) is 3.10. The molecule has 0 aromatic carbocycles. The summed E-state index contributed by atoms with van der Waals surface area (Å²) in [6.07, 6.45) is 6.51. The molecule has 0 heterocycles. The summed E-state index contributed by atoms with van der Waals surface area (Å²) in [6.45, 7) is 2.82. The lowest BCUT2D eigenvalue weighted by atomic mass is 9.95. The molecule has 2 N–H and O–H groups in total. The quantitative estimate of drug-likeness (QED) is 0.709. The van der Waals surface area contributed by atoms with Crippen LogP contribution >= 0.6 is 0 Å². The van der Waals surface area contributed by atoms with Crippen molar-refractivity contribution < 1.29 is 4.79 Å². The molecule has 1 aliphatic rings. The van der Waals surface area contributed by atoms with Crippen LogP contribution in [0.25, 0.3) is 0 Å². The van der Waals surface area contributed by atoms with E-state index in [0.717, 1.165) is 25.7 Å². The van der Waals surface area contributed by atoms with Gasteiger partial charge in [-0.15, -0.1) is 0 Å². The van der Waals surface area contributed by atoms with Crippen LogP contribution in [0.3, 0.4) is 0 Å². The molecule has 13 heavy (non-hydrogen) atoms. The van der Waals surface area contributed by atoms with Crippen molar-refractivity contribution in [1.29, 1.82) is 0 Å². The normalized spacial score (nSPS) is 20.5. The van der Waals surface area contributed by atoms with E-state index in [1.807, 2.05) is 0 Å². The van der Waals surface area contributed by atoms with Gasteiger partial charge in [-0.2, -0.15) is 0 Å². The van der Waals surface area contributed by atoms with Gasteiger partial charge < -0.3 is 5.73 Å². The number of ketones is 1. The third-order valence-corrected chi connectivity index (χ3v) is 3.10. The minimum atomic E-state index is 0.393. The van der Waals surface area contributed by atoms with Crippen molar-refractivity contribution in [2.45, 2.75) is 45.4 Å². The van der Waals surface area contributed by atoms with E-state index in [0.29, 0.717) is 24.2 Å². The summed E-state index contributed by atoms with van der Waals surface area (Å²) in [6, 6.07) is 0. The zero-order chi connectivity index (χ0) is 9.68. The average Bonchev–Trinajstić information content (AvgIpc) is 2.66. The lowest BCUT2D eigenvalue weighted by Crippen LogP contribution is -2.15. The van der Waals surface area contributed by atoms with E-state index in [-0.39, 0.29) is 0 Å². The Hall–Kier alpha value is -0.370. The van der Waals surface area contributed by atoms with Crippen LogP contribution in [-0.2, 0) is 4.79 Å². The standard InChI is InChI=1S/C11H21NO/c1-9(8-12)6-7-11(13)10-4-2-3-5-10/h9-10H,2-8,12H2,1H3. The molecule has 0 aliphatic heterocycles. The lowest BCUT2D eigenvalue weighted by molar-refractivity contribution is -0.122. The first-order valence-electron chi connectivity index (χ1n) is 5.46. The van der Waals surface area contributed by atoms with E-state index in [1.54, 1.807) is 0 Å². The van der Waals surface area contributed by atoms with Crippen LogP contribution in [0.2, 0.25) is 0 Å². The molecule has 1 fully saturated rings. The van der Waals surface area contributed by atoms with Gasteiger partial charge in [-0.25, -0.2) is 0 Å². The first-order chi connectivity index (χ1) is 6.24. The Bertz CT molecular complexity index is 161. The summed E-state index contributed by atoms with van der Waals surface area (Å²) in [7, 11) is 0. The first-order valence-corrected chi connectivity index (χ1v) is 5.46. The summed E-state index contributed by atoms with van der Waals surface area (Å²) in [5.74, 6) is 1.38. The minimum Gasteiger partial charge on any atom is -0.330 e. The molecular weight excluding hydrogens is 162 g/mol. The summed E-state index contributed by atoms with van der Waals surface area (Å²) in [5.41, 5.74) is 5.50. The number of carbonyl (C=O) groups is 1. The molecule has 0 spiro atoms. The van der Waals surface area contributed by atoms with Gasteiger partial charge in [0, 0.05) is 12.3 Å². The van der Waals surface area contributed by atoms with E-state index in [1.165, 1.54) is 12.8 Å². The number of hydrogen-bond acceptors (Lipinski definition) is 2. The minimum absolute atomic E-state index is 0.393. The smallest absolute Gasteiger partial charge is 0.135 e. The van der Waals surface area contributed by atoms with Crippen LogP contribution in [0, 0.1) is 11.8 Å². The maximum absolute atomic E-state index is 11.6. The molecule has 0 aromatic rings. The highest BCUT2D eigenvalue weighted by atomic mass is 16.1. The van der Waals surface area contributed by atoms with Crippen molar-refractivity contribution in [2.75, 3.05) is 6.54 Å². The van der Waals surface area contributed by atoms with Gasteiger partial charge in [0.1, 0.15) is 5.78 Å². The Morgan fingerprint density at radius 1 is 1.46 bits per heavy atom. The molecule has 2 nitrogen and oxygen atoms in total. The highest BCUT2D eigenvalue weighted by molar-refractivity contribution is 5.81. The Morgan fingerprint density at radius 3 is 2.62 bits per heavy atom. The second-order valence-corrected chi connectivity index (χ2v) is 4.33. The number of nitrogens with two attached hydrogens (primary N) is 1. The van der Waals surface area contributed by atoms with Crippen LogP contribution in [-0.4, -0.2) is 12.3 Å². The predicted molar refractivity (Wildman–Crippen MR) is 54.4 cm³/mol. The fourth-order valence-corrected chi connectivity index (χ4v) is 1.96. The second kappa shape index (κ2) is 5.38. The van der Waals surface area contributed by atoms with Crippen LogP contribution < -0.4 is 5.73 Å². The fraction of sp³-hybridized carbons (Fsp3) is 0.909. The Kier molecular flexibility index (Phi) is 4.43. The van der Waals surface area contributed by atoms with E-state index < -0.39 is 0 Å². The van der Waals surface area contributed by atoms with Gasteiger partial charge in [-0.1, -0.05) is 19.8 Å². The van der Waals surface area contributed by atoms with Crippen molar-refractivity contribution in [1.82, 2.24) is 0 Å². The Labute approximate surface area is 80.9 Å². The Balaban J connectivity index is 2.16. The molecule has 1 atom stereocenters. The van der Waals surface area contributed by atoms with Crippen LogP contribution in [0.4, 0.5) is 0 Å². The van der Waals surface area contributed by atoms with Gasteiger partial charge in [0.25, 0.3) is 0 Å². The van der Waals surface area contributed by atoms with Crippen LogP contribution in [0.5, 0.6) is 0 Å². The summed E-state index contributed by atoms with van der Waals surface area (Å²) in [5, 5.41) is 0. The van der Waals surface area contributed by atoms with Crippen molar-refractivity contribution >= 4 is 5.78 Å². The molecular formula is C11H21NO. The summed E-state index contributed by atoms with van der Waals surface area (Å²) in [4.78, 5) is 11.6. The average molecular weight is 183 g/mol. The van der Waals surface area contributed by atoms with Crippen molar-refractivity contribution in [3.8, 4) is 0 Å². The van der Waals surface area contributed by atoms with Gasteiger partial charge in [-0.05, 0) is 31.7 Å². The van der Waals surface area contributed by atoms with Crippen molar-refractivity contribution in [3.63, 3.8) is 0 Å². The highest BCUT2D eigenvalue weighted by Gasteiger charge is 2.22. The van der Waals surface area contributed by atoms with Gasteiger partial charge in [0.15, 0.2) is 0 Å². The molecule has 1 rings (SSSR count). The number of hydrogen-bond donors (Lipinski definition) is 1. The van der Waals surface area contributed by atoms with E-state index >= 15 is 0 Å². The summed E-state index contributed by atoms with van der Waals surface area (Å²) >= 11 is 0. The molecule has 0 bridgehead atoms. The molecule has 1 unspecified atom stereocenters. The van der Waals surface area contributed by atoms with E-state index in [2.05, 4.69) is 6.92 Å². The van der Waals surface area contributed by atoms with E-state index in [4.69, 9.17) is 5.73 Å². The maximum Gasteiger partial charge on any atom is 0.135 e. The topological polar surface area (TPSA) is 43.1 Å². The van der Waals surface area contributed by atoms with Gasteiger partial charge in [0.05, 0.1) is 0 Å². The van der Waals surface area contributed by atoms with Gasteiger partial charge >= 0.3 is 0 Å². The van der Waals surface area contributed by atoms with Crippen LogP contribution in [0.15, 0.2) is 0 Å². The number of rotatable bonds is 5. The lowest BCUT2D eigenvalue weighted by Gasteiger charge is -2.10. The molecule has 76 valence electrons. The molecule has 0 saturated heterocycles. The van der Waals surface area contributed by atoms with Gasteiger partial charge in [0.2, 0.25) is 0 Å². The fourth-order valence-electron chi connectivity index (χ4n) is 1.96. The zero-order valence-electron chi connectivity index (χ0n) is 8.59. The second-order valence-electron chi connectivity index (χ2n) is 4.33. The van der Waals surface area contributed by atoms with Crippen molar-refractivity contribution in [3.05, 3.63) is 0 Å². The molecule has 0 radical (unpaired) electrons. The highest BCUT2D eigenvalue weighted by Crippen LogP contribution is 2.27. The molecule has 1 aliphatic carbocycles. The molecule has 0 aromatic heterocycles. The number of Topliss-reactive ketones (excluding diaryl/α,β-unsaturated/α-hetero) is 1. The van der Waals surface area contributed by atoms with Crippen LogP contribution in [0.1, 0.15) is 45.4 Å². The molecule has 1 saturated carbocycles. The van der Waals surface area contributed by atoms with Crippen molar-refractivity contribution in [2.24, 2.45) is 17.6 Å². The maximum atomic E-state index is 11.6. The largest absolute Gasteiger partial charge is 0.330 e. The number of carbonyl (C=O) groups excluding carboxylic acids is 1. The first kappa shape index (κ1) is 10.7. The zero-order valence-corrected chi connectivity index (χ0v) is 8.59. The Morgan fingerprint density at radius 2 is 2.08 bits per heavy atom. The van der Waals surface area contributed by atoms with Gasteiger partial charge in [-0.3, -0.25) is 4.79 Å².